The summed E-state index contributed by atoms with van der Waals surface area (Å²) in [5.74, 6) is 1.40. The van der Waals surface area contributed by atoms with E-state index in [0.717, 1.165) is 110 Å². The summed E-state index contributed by atoms with van der Waals surface area (Å²) in [7, 11) is 6.54. The third-order valence-corrected chi connectivity index (χ3v) is 15.2. The first-order chi connectivity index (χ1) is 27.7. The lowest BCUT2D eigenvalue weighted by molar-refractivity contribution is -0.0763. The average Bonchev–Trinajstić information content (AvgIpc) is 3.79. The van der Waals surface area contributed by atoms with E-state index >= 15 is 0 Å². The van der Waals surface area contributed by atoms with Crippen LogP contribution in [0.5, 0.6) is 0 Å². The minimum atomic E-state index is -0.750. The van der Waals surface area contributed by atoms with Crippen LogP contribution < -0.4 is 0 Å². The fraction of sp³-hybridized carbons (Fsp3) is 0.840. The highest BCUT2D eigenvalue weighted by Gasteiger charge is 2.42. The van der Waals surface area contributed by atoms with Crippen LogP contribution in [0, 0.1) is 23.7 Å². The fourth-order valence-corrected chi connectivity index (χ4v) is 9.98. The van der Waals surface area contributed by atoms with Crippen molar-refractivity contribution in [1.29, 1.82) is 0 Å². The second-order valence-corrected chi connectivity index (χ2v) is 20.5. The second-order valence-electron chi connectivity index (χ2n) is 20.5. The van der Waals surface area contributed by atoms with Gasteiger partial charge in [0.2, 0.25) is 0 Å². The summed E-state index contributed by atoms with van der Waals surface area (Å²) in [5, 5.41) is 32.9. The van der Waals surface area contributed by atoms with E-state index < -0.39 is 16.8 Å². The molecule has 3 saturated heterocycles. The summed E-state index contributed by atoms with van der Waals surface area (Å²) in [6, 6.07) is 8.62. The maximum atomic E-state index is 11.4. The molecule has 4 fully saturated rings. The minimum Gasteiger partial charge on any atom is -0.389 e. The van der Waals surface area contributed by atoms with Crippen LogP contribution in [0.1, 0.15) is 118 Å². The Morgan fingerprint density at radius 1 is 0.576 bits per heavy atom. The first kappa shape index (κ1) is 51.9. The van der Waals surface area contributed by atoms with Crippen molar-refractivity contribution in [2.75, 3.05) is 119 Å². The summed E-state index contributed by atoms with van der Waals surface area (Å²) in [5.41, 5.74) is 0.633. The van der Waals surface area contributed by atoms with Gasteiger partial charge in [-0.3, -0.25) is 0 Å². The fourth-order valence-electron chi connectivity index (χ4n) is 9.98. The number of nitrogens with zero attached hydrogens (tertiary/aromatic N) is 6. The van der Waals surface area contributed by atoms with Gasteiger partial charge in [0.05, 0.1) is 16.8 Å². The van der Waals surface area contributed by atoms with Gasteiger partial charge in [0.25, 0.3) is 0 Å². The maximum absolute atomic E-state index is 11.4. The molecule has 3 heterocycles. The molecule has 4 aliphatic rings. The molecule has 59 heavy (non-hydrogen) atoms. The number of hydrogen-bond donors (Lipinski definition) is 3. The predicted molar refractivity (Wildman–Crippen MR) is 251 cm³/mol. The van der Waals surface area contributed by atoms with Crippen molar-refractivity contribution >= 4 is 0 Å². The van der Waals surface area contributed by atoms with E-state index in [4.69, 9.17) is 0 Å². The van der Waals surface area contributed by atoms with E-state index in [2.05, 4.69) is 137 Å². The molecule has 9 nitrogen and oxygen atoms in total. The largest absolute Gasteiger partial charge is 0.389 e. The number of aliphatic hydroxyl groups is 3. The SMILES string of the molecule is C=CC(O)(CC)C(C)CN1CCN(C)CC1.CCC(O)(C(C)CN1CCN(C)CC1)C1CCCC1.CCC(O)(c1ccc(C(C)(C)C)cc1)C(C)CN1CCN(C)CC1. The van der Waals surface area contributed by atoms with Crippen molar-refractivity contribution in [3.8, 4) is 0 Å². The van der Waals surface area contributed by atoms with Gasteiger partial charge in [-0.1, -0.05) is 105 Å². The Hall–Kier alpha value is -1.40. The topological polar surface area (TPSA) is 80.1 Å². The molecule has 0 aromatic heterocycles. The third-order valence-electron chi connectivity index (χ3n) is 15.2. The molecule has 6 atom stereocenters. The van der Waals surface area contributed by atoms with Crippen molar-refractivity contribution in [1.82, 2.24) is 29.4 Å². The maximum Gasteiger partial charge on any atom is 0.0931 e. The zero-order valence-corrected chi connectivity index (χ0v) is 40.5. The van der Waals surface area contributed by atoms with E-state index in [9.17, 15) is 15.3 Å². The van der Waals surface area contributed by atoms with Gasteiger partial charge >= 0.3 is 0 Å². The number of benzene rings is 1. The van der Waals surface area contributed by atoms with Gasteiger partial charge in [0.15, 0.2) is 0 Å². The molecule has 0 spiro atoms. The molecule has 3 aliphatic heterocycles. The quantitative estimate of drug-likeness (QED) is 0.165. The van der Waals surface area contributed by atoms with Gasteiger partial charge in [0.1, 0.15) is 0 Å². The smallest absolute Gasteiger partial charge is 0.0931 e. The highest BCUT2D eigenvalue weighted by Crippen LogP contribution is 2.41. The molecule has 1 aromatic carbocycles. The van der Waals surface area contributed by atoms with Gasteiger partial charge in [-0.2, -0.15) is 0 Å². The van der Waals surface area contributed by atoms with Crippen LogP contribution in [0.3, 0.4) is 0 Å². The molecule has 1 aliphatic carbocycles. The first-order valence-electron chi connectivity index (χ1n) is 23.9. The Morgan fingerprint density at radius 3 is 1.29 bits per heavy atom. The van der Waals surface area contributed by atoms with Gasteiger partial charge < -0.3 is 44.7 Å². The van der Waals surface area contributed by atoms with Crippen molar-refractivity contribution in [2.45, 2.75) is 129 Å². The van der Waals surface area contributed by atoms with Crippen LogP contribution in [-0.2, 0) is 11.0 Å². The Labute approximate surface area is 364 Å². The number of piperazine rings is 3. The number of rotatable bonds is 15. The van der Waals surface area contributed by atoms with Crippen molar-refractivity contribution in [3.63, 3.8) is 0 Å². The Morgan fingerprint density at radius 2 is 0.949 bits per heavy atom. The Bertz CT molecular complexity index is 1310. The zero-order chi connectivity index (χ0) is 44.0. The first-order valence-corrected chi connectivity index (χ1v) is 23.9. The van der Waals surface area contributed by atoms with Crippen molar-refractivity contribution in [2.24, 2.45) is 23.7 Å². The lowest BCUT2D eigenvalue weighted by Crippen LogP contribution is -2.51. The molecule has 6 unspecified atom stereocenters. The van der Waals surface area contributed by atoms with E-state index in [1.807, 2.05) is 6.92 Å². The highest BCUT2D eigenvalue weighted by molar-refractivity contribution is 5.31. The van der Waals surface area contributed by atoms with E-state index in [0.29, 0.717) is 11.8 Å². The van der Waals surface area contributed by atoms with Gasteiger partial charge in [-0.25, -0.2) is 0 Å². The zero-order valence-electron chi connectivity index (χ0n) is 40.5. The lowest BCUT2D eigenvalue weighted by Gasteiger charge is -2.42. The lowest BCUT2D eigenvalue weighted by atomic mass is 9.74. The molecular weight excluding hydrogens is 733 g/mol. The molecule has 1 saturated carbocycles. The van der Waals surface area contributed by atoms with Gasteiger partial charge in [-0.05, 0) is 81.6 Å². The van der Waals surface area contributed by atoms with Crippen LogP contribution in [0.2, 0.25) is 0 Å². The van der Waals surface area contributed by atoms with Crippen LogP contribution >= 0.6 is 0 Å². The standard InChI is InChI=1S/C21H36N2O.C16H32N2O.C13H26N2O/c1-7-21(24,17(2)16-23-14-12-22(6)13-15-23)19-10-8-18(9-11-19)20(3,4)5;1-4-16(19,15-7-5-6-8-15)14(2)13-18-11-9-17(3)10-12-18;1-5-13(16,6-2)12(3)11-15-9-7-14(4)8-10-15/h8-11,17,24H,7,12-16H2,1-6H3;14-15,19H,4-13H2,1-3H3;5,12,16H,1,6-11H2,2-4H3. The normalized spacial score (nSPS) is 24.7. The van der Waals surface area contributed by atoms with Crippen molar-refractivity contribution in [3.05, 3.63) is 48.0 Å². The summed E-state index contributed by atoms with van der Waals surface area (Å²) in [4.78, 5) is 14.6. The summed E-state index contributed by atoms with van der Waals surface area (Å²) >= 11 is 0. The summed E-state index contributed by atoms with van der Waals surface area (Å²) < 4.78 is 0. The highest BCUT2D eigenvalue weighted by atomic mass is 16.3. The van der Waals surface area contributed by atoms with Crippen molar-refractivity contribution < 1.29 is 15.3 Å². The summed E-state index contributed by atoms with van der Waals surface area (Å²) in [6.45, 7) is 39.8. The molecule has 342 valence electrons. The third kappa shape index (κ3) is 15.1. The van der Waals surface area contributed by atoms with E-state index in [-0.39, 0.29) is 17.3 Å². The molecule has 0 amide bonds. The minimum absolute atomic E-state index is 0.147. The molecule has 0 bridgehead atoms. The number of hydrogen-bond acceptors (Lipinski definition) is 9. The number of likely N-dealkylation sites (N-methyl/N-ethyl adjacent to an activating group) is 3. The predicted octanol–water partition coefficient (Wildman–Crippen LogP) is 6.86. The Balaban J connectivity index is 0.000000242. The van der Waals surface area contributed by atoms with E-state index in [1.54, 1.807) is 6.08 Å². The monoisotopic (exact) mass is 827 g/mol. The van der Waals surface area contributed by atoms with Crippen LogP contribution in [0.15, 0.2) is 36.9 Å². The van der Waals surface area contributed by atoms with Crippen LogP contribution in [0.4, 0.5) is 0 Å². The molecule has 9 heteroatoms. The molecule has 5 rings (SSSR count). The van der Waals surface area contributed by atoms with Gasteiger partial charge in [0, 0.05) is 110 Å². The second kappa shape index (κ2) is 23.9. The molecule has 1 aromatic rings. The molecule has 3 N–H and O–H groups in total. The molecular formula is C50H94N6O3. The van der Waals surface area contributed by atoms with Gasteiger partial charge in [-0.15, -0.1) is 6.58 Å². The van der Waals surface area contributed by atoms with Crippen LogP contribution in [-0.4, -0.2) is 175 Å². The Kier molecular flexibility index (Phi) is 21.0. The van der Waals surface area contributed by atoms with Crippen LogP contribution in [0.25, 0.3) is 0 Å². The molecule has 0 radical (unpaired) electrons. The summed E-state index contributed by atoms with van der Waals surface area (Å²) in [6.07, 6.45) is 9.19. The van der Waals surface area contributed by atoms with E-state index in [1.165, 1.54) is 44.3 Å². The average molecular weight is 827 g/mol.